The highest BCUT2D eigenvalue weighted by atomic mass is 14.1. The summed E-state index contributed by atoms with van der Waals surface area (Å²) in [4.78, 5) is 0. The van der Waals surface area contributed by atoms with E-state index in [9.17, 15) is 0 Å². The number of fused-ring (bicyclic) bond motifs is 1. The summed E-state index contributed by atoms with van der Waals surface area (Å²) in [5, 5.41) is 0. The summed E-state index contributed by atoms with van der Waals surface area (Å²) in [7, 11) is 0. The fraction of sp³-hybridized carbons (Fsp3) is 0.467. The Labute approximate surface area is 94.0 Å². The molecule has 15 heavy (non-hydrogen) atoms. The summed E-state index contributed by atoms with van der Waals surface area (Å²) in [5.74, 6) is 0. The van der Waals surface area contributed by atoms with E-state index < -0.39 is 0 Å². The van der Waals surface area contributed by atoms with Crippen molar-refractivity contribution in [2.75, 3.05) is 0 Å². The lowest BCUT2D eigenvalue weighted by atomic mass is 9.92. The molecule has 0 fully saturated rings. The van der Waals surface area contributed by atoms with Gasteiger partial charge in [0.1, 0.15) is 0 Å². The van der Waals surface area contributed by atoms with Crippen LogP contribution in [0.5, 0.6) is 0 Å². The SMILES string of the molecule is CC.CCc1cc2c(cc1C)CCC=C2. The number of allylic oxidation sites excluding steroid dienone is 1. The summed E-state index contributed by atoms with van der Waals surface area (Å²) in [6.07, 6.45) is 8.11. The van der Waals surface area contributed by atoms with E-state index in [4.69, 9.17) is 0 Å². The first-order valence-electron chi connectivity index (χ1n) is 6.10. The zero-order valence-electron chi connectivity index (χ0n) is 10.4. The molecule has 0 spiro atoms. The van der Waals surface area contributed by atoms with Gasteiger partial charge < -0.3 is 0 Å². The Balaban J connectivity index is 0.000000531. The van der Waals surface area contributed by atoms with E-state index >= 15 is 0 Å². The Bertz CT molecular complexity index is 345. The van der Waals surface area contributed by atoms with Gasteiger partial charge in [0.15, 0.2) is 0 Å². The maximum absolute atomic E-state index is 2.36. The van der Waals surface area contributed by atoms with Gasteiger partial charge in [-0.2, -0.15) is 0 Å². The monoisotopic (exact) mass is 202 g/mol. The molecule has 1 aliphatic carbocycles. The minimum absolute atomic E-state index is 1.15. The van der Waals surface area contributed by atoms with Crippen molar-refractivity contribution in [2.45, 2.75) is 47.0 Å². The van der Waals surface area contributed by atoms with E-state index in [1.54, 1.807) is 0 Å². The second-order valence-corrected chi connectivity index (χ2v) is 3.77. The molecule has 0 amide bonds. The molecule has 0 aliphatic heterocycles. The van der Waals surface area contributed by atoms with Gasteiger partial charge in [0.2, 0.25) is 0 Å². The molecule has 0 aromatic heterocycles. The van der Waals surface area contributed by atoms with Crippen LogP contribution in [0.1, 0.15) is 49.4 Å². The van der Waals surface area contributed by atoms with E-state index in [1.165, 1.54) is 35.1 Å². The van der Waals surface area contributed by atoms with Crippen LogP contribution in [0.3, 0.4) is 0 Å². The molecular formula is C15H22. The maximum atomic E-state index is 2.36. The first kappa shape index (κ1) is 12.0. The molecule has 0 heteroatoms. The van der Waals surface area contributed by atoms with Crippen LogP contribution < -0.4 is 0 Å². The summed E-state index contributed by atoms with van der Waals surface area (Å²) in [6, 6.07) is 4.71. The highest BCUT2D eigenvalue weighted by Gasteiger charge is 2.06. The lowest BCUT2D eigenvalue weighted by Gasteiger charge is -2.13. The highest BCUT2D eigenvalue weighted by Crippen LogP contribution is 2.23. The fourth-order valence-corrected chi connectivity index (χ4v) is 2.03. The van der Waals surface area contributed by atoms with Gasteiger partial charge in [-0.1, -0.05) is 45.1 Å². The number of rotatable bonds is 1. The zero-order valence-corrected chi connectivity index (χ0v) is 10.4. The number of hydrogen-bond donors (Lipinski definition) is 0. The van der Waals surface area contributed by atoms with Crippen LogP contribution in [0.4, 0.5) is 0 Å². The van der Waals surface area contributed by atoms with Crippen LogP contribution in [0, 0.1) is 6.92 Å². The molecule has 0 bridgehead atoms. The molecule has 2 rings (SSSR count). The minimum Gasteiger partial charge on any atom is -0.0836 e. The summed E-state index contributed by atoms with van der Waals surface area (Å²) >= 11 is 0. The molecule has 1 aromatic carbocycles. The van der Waals surface area contributed by atoms with Crippen molar-refractivity contribution in [3.05, 3.63) is 40.5 Å². The Morgan fingerprint density at radius 2 is 1.93 bits per heavy atom. The van der Waals surface area contributed by atoms with Crippen LogP contribution in [0.2, 0.25) is 0 Å². The average molecular weight is 202 g/mol. The third kappa shape index (κ3) is 2.71. The van der Waals surface area contributed by atoms with Crippen molar-refractivity contribution < 1.29 is 0 Å². The van der Waals surface area contributed by atoms with Crippen LogP contribution in [-0.2, 0) is 12.8 Å². The zero-order chi connectivity index (χ0) is 11.3. The highest BCUT2D eigenvalue weighted by molar-refractivity contribution is 5.58. The predicted molar refractivity (Wildman–Crippen MR) is 69.3 cm³/mol. The predicted octanol–water partition coefficient (Wildman–Crippen LogP) is 4.54. The molecule has 1 aliphatic rings. The standard InChI is InChI=1S/C13H16.C2H6/c1-3-11-9-13-7-5-4-6-12(13)8-10(11)2;1-2/h5,7-9H,3-4,6H2,1-2H3;1-2H3. The van der Waals surface area contributed by atoms with Crippen molar-refractivity contribution in [2.24, 2.45) is 0 Å². The fourth-order valence-electron chi connectivity index (χ4n) is 2.03. The van der Waals surface area contributed by atoms with Crippen molar-refractivity contribution >= 4 is 6.08 Å². The number of aryl methyl sites for hydroxylation is 3. The van der Waals surface area contributed by atoms with Crippen LogP contribution in [0.25, 0.3) is 6.08 Å². The molecule has 0 atom stereocenters. The normalized spacial score (nSPS) is 12.8. The molecule has 1 aromatic rings. The smallest absolute Gasteiger partial charge is 0.0225 e. The first-order chi connectivity index (χ1) is 7.31. The van der Waals surface area contributed by atoms with Gasteiger partial charge in [0, 0.05) is 0 Å². The second-order valence-electron chi connectivity index (χ2n) is 3.77. The molecule has 0 nitrogen and oxygen atoms in total. The molecule has 0 N–H and O–H groups in total. The van der Waals surface area contributed by atoms with Crippen LogP contribution in [0.15, 0.2) is 18.2 Å². The minimum atomic E-state index is 1.15. The van der Waals surface area contributed by atoms with Crippen LogP contribution >= 0.6 is 0 Å². The number of hydrogen-bond acceptors (Lipinski definition) is 0. The molecule has 0 saturated carbocycles. The van der Waals surface area contributed by atoms with Crippen molar-refractivity contribution in [1.82, 2.24) is 0 Å². The van der Waals surface area contributed by atoms with E-state index in [-0.39, 0.29) is 0 Å². The van der Waals surface area contributed by atoms with Crippen molar-refractivity contribution in [1.29, 1.82) is 0 Å². The molecule has 0 radical (unpaired) electrons. The van der Waals surface area contributed by atoms with Crippen LogP contribution in [-0.4, -0.2) is 0 Å². The van der Waals surface area contributed by atoms with Gasteiger partial charge in [0.25, 0.3) is 0 Å². The Kier molecular flexibility index (Phi) is 4.61. The summed E-state index contributed by atoms with van der Waals surface area (Å²) in [6.45, 7) is 8.44. The van der Waals surface area contributed by atoms with Gasteiger partial charge in [-0.25, -0.2) is 0 Å². The van der Waals surface area contributed by atoms with Gasteiger partial charge in [-0.15, -0.1) is 0 Å². The van der Waals surface area contributed by atoms with Crippen molar-refractivity contribution in [3.8, 4) is 0 Å². The second kappa shape index (κ2) is 5.75. The molecule has 0 unspecified atom stereocenters. The van der Waals surface area contributed by atoms with Crippen molar-refractivity contribution in [3.63, 3.8) is 0 Å². The largest absolute Gasteiger partial charge is 0.0836 e. The quantitative estimate of drug-likeness (QED) is 0.627. The molecule has 82 valence electrons. The average Bonchev–Trinajstić information content (AvgIpc) is 2.31. The van der Waals surface area contributed by atoms with E-state index in [0.29, 0.717) is 0 Å². The van der Waals surface area contributed by atoms with Gasteiger partial charge in [-0.3, -0.25) is 0 Å². The molecular weight excluding hydrogens is 180 g/mol. The number of benzene rings is 1. The maximum Gasteiger partial charge on any atom is -0.0225 e. The lowest BCUT2D eigenvalue weighted by Crippen LogP contribution is -1.97. The molecule has 0 heterocycles. The van der Waals surface area contributed by atoms with Gasteiger partial charge in [-0.05, 0) is 48.4 Å². The Hall–Kier alpha value is -1.04. The summed E-state index contributed by atoms with van der Waals surface area (Å²) in [5.41, 5.74) is 5.91. The Morgan fingerprint density at radius 3 is 2.60 bits per heavy atom. The van der Waals surface area contributed by atoms with Gasteiger partial charge in [0.05, 0.1) is 0 Å². The van der Waals surface area contributed by atoms with Gasteiger partial charge >= 0.3 is 0 Å². The lowest BCUT2D eigenvalue weighted by molar-refractivity contribution is 0.973. The third-order valence-corrected chi connectivity index (χ3v) is 2.86. The molecule has 0 saturated heterocycles. The third-order valence-electron chi connectivity index (χ3n) is 2.86. The Morgan fingerprint density at radius 1 is 1.20 bits per heavy atom. The van der Waals surface area contributed by atoms with E-state index in [2.05, 4.69) is 38.1 Å². The van der Waals surface area contributed by atoms with E-state index in [1.807, 2.05) is 13.8 Å². The first-order valence-corrected chi connectivity index (χ1v) is 6.10. The summed E-state index contributed by atoms with van der Waals surface area (Å²) < 4.78 is 0. The topological polar surface area (TPSA) is 0 Å². The van der Waals surface area contributed by atoms with E-state index in [0.717, 1.165) is 6.42 Å².